The van der Waals surface area contributed by atoms with E-state index in [1.807, 2.05) is 0 Å². The number of aryl methyl sites for hydroxylation is 2. The van der Waals surface area contributed by atoms with Crippen LogP contribution in [-0.2, 0) is 27.8 Å². The van der Waals surface area contributed by atoms with Gasteiger partial charge in [-0.1, -0.05) is 11.3 Å². The molecule has 2 aromatic heterocycles. The van der Waals surface area contributed by atoms with Gasteiger partial charge in [0.05, 0.1) is 19.7 Å². The molecule has 1 unspecified atom stereocenters. The molecule has 9 nitrogen and oxygen atoms in total. The largest absolute Gasteiger partial charge is 0.469 e. The molecule has 23 heavy (non-hydrogen) atoms. The van der Waals surface area contributed by atoms with E-state index >= 15 is 0 Å². The number of rotatable bonds is 7. The van der Waals surface area contributed by atoms with Crippen molar-refractivity contribution in [1.29, 1.82) is 0 Å². The van der Waals surface area contributed by atoms with Gasteiger partial charge in [-0.05, 0) is 7.05 Å². The van der Waals surface area contributed by atoms with Gasteiger partial charge in [-0.25, -0.2) is 0 Å². The van der Waals surface area contributed by atoms with Gasteiger partial charge >= 0.3 is 5.97 Å². The average molecular weight is 338 g/mol. The molecule has 0 aliphatic carbocycles. The number of aromatic nitrogens is 4. The number of methoxy groups -OCH3 is 1. The predicted octanol–water partition coefficient (Wildman–Crippen LogP) is 0.276. The zero-order chi connectivity index (χ0) is 16.8. The summed E-state index contributed by atoms with van der Waals surface area (Å²) in [5, 5.41) is 18.6. The molecule has 0 radical (unpaired) electrons. The summed E-state index contributed by atoms with van der Waals surface area (Å²) in [5.74, 6) is -0.561. The minimum atomic E-state index is -0.536. The number of amides is 1. The molecule has 0 fully saturated rings. The van der Waals surface area contributed by atoms with Crippen molar-refractivity contribution >= 4 is 28.3 Å². The topological polar surface area (TPSA) is 111 Å². The Morgan fingerprint density at radius 2 is 2.22 bits per heavy atom. The molecule has 0 saturated carbocycles. The molecular weight excluding hydrogens is 320 g/mol. The van der Waals surface area contributed by atoms with Crippen LogP contribution < -0.4 is 10.6 Å². The molecule has 0 aliphatic rings. The molecule has 0 saturated heterocycles. The number of nitrogens with zero attached hydrogens (tertiary/aromatic N) is 4. The summed E-state index contributed by atoms with van der Waals surface area (Å²) in [4.78, 5) is 23.4. The van der Waals surface area contributed by atoms with E-state index in [0.717, 1.165) is 5.56 Å². The minimum absolute atomic E-state index is 0.230. The van der Waals surface area contributed by atoms with Gasteiger partial charge in [0, 0.05) is 25.2 Å². The lowest BCUT2D eigenvalue weighted by Gasteiger charge is -2.12. The maximum atomic E-state index is 12.3. The Hall–Kier alpha value is -2.33. The monoisotopic (exact) mass is 338 g/mol. The van der Waals surface area contributed by atoms with Gasteiger partial charge in [-0.3, -0.25) is 19.6 Å². The maximum absolute atomic E-state index is 12.3. The Labute approximate surface area is 137 Å². The Morgan fingerprint density at radius 1 is 1.43 bits per heavy atom. The van der Waals surface area contributed by atoms with Crippen LogP contribution >= 0.6 is 11.3 Å². The maximum Gasteiger partial charge on any atom is 0.305 e. The second-order valence-electron chi connectivity index (χ2n) is 4.74. The van der Waals surface area contributed by atoms with Crippen LogP contribution in [0, 0.1) is 0 Å². The van der Waals surface area contributed by atoms with Crippen LogP contribution in [0.3, 0.4) is 0 Å². The van der Waals surface area contributed by atoms with Crippen molar-refractivity contribution in [2.75, 3.05) is 19.5 Å². The van der Waals surface area contributed by atoms with Crippen LogP contribution in [0.5, 0.6) is 0 Å². The van der Waals surface area contributed by atoms with Crippen LogP contribution in [0.2, 0.25) is 0 Å². The summed E-state index contributed by atoms with van der Waals surface area (Å²) in [6.45, 7) is 0. The first-order valence-electron chi connectivity index (χ1n) is 6.89. The van der Waals surface area contributed by atoms with Crippen LogP contribution in [0.4, 0.5) is 5.13 Å². The fourth-order valence-corrected chi connectivity index (χ4v) is 2.67. The molecule has 0 bridgehead atoms. The number of anilines is 1. The van der Waals surface area contributed by atoms with Crippen molar-refractivity contribution in [3.63, 3.8) is 0 Å². The smallest absolute Gasteiger partial charge is 0.305 e. The number of carbonyl (C=O) groups is 2. The van der Waals surface area contributed by atoms with Gasteiger partial charge < -0.3 is 10.1 Å². The van der Waals surface area contributed by atoms with E-state index in [1.165, 1.54) is 18.4 Å². The molecule has 0 aliphatic heterocycles. The molecule has 10 heteroatoms. The van der Waals surface area contributed by atoms with Crippen LogP contribution in [0.1, 0.15) is 23.0 Å². The summed E-state index contributed by atoms with van der Waals surface area (Å²) in [6.07, 6.45) is 4.05. The van der Waals surface area contributed by atoms with Gasteiger partial charge in [0.15, 0.2) is 0 Å². The van der Waals surface area contributed by atoms with Crippen molar-refractivity contribution in [1.82, 2.24) is 25.3 Å². The third kappa shape index (κ3) is 4.57. The first-order valence-corrected chi connectivity index (χ1v) is 7.71. The number of likely N-dealkylation sites (N-methyl/N-ethyl adjacent to an activating group) is 1. The van der Waals surface area contributed by atoms with Gasteiger partial charge in [0.25, 0.3) is 0 Å². The summed E-state index contributed by atoms with van der Waals surface area (Å²) in [6, 6.07) is -0.536. The van der Waals surface area contributed by atoms with Crippen molar-refractivity contribution in [3.8, 4) is 0 Å². The fourth-order valence-electron chi connectivity index (χ4n) is 1.93. The van der Waals surface area contributed by atoms with Crippen LogP contribution in [-0.4, -0.2) is 46.0 Å². The molecule has 2 heterocycles. The normalized spacial score (nSPS) is 12.0. The van der Waals surface area contributed by atoms with Crippen molar-refractivity contribution in [2.45, 2.75) is 18.9 Å². The quantitative estimate of drug-likeness (QED) is 0.697. The van der Waals surface area contributed by atoms with E-state index < -0.39 is 6.04 Å². The summed E-state index contributed by atoms with van der Waals surface area (Å²) in [5.41, 5.74) is 0.753. The SMILES string of the molecule is CNC(C(=O)Nc1nnc(CCC(=O)OC)s1)c1cnn(C)c1. The van der Waals surface area contributed by atoms with Crippen LogP contribution in [0.25, 0.3) is 0 Å². The molecule has 1 amide bonds. The Morgan fingerprint density at radius 3 is 2.83 bits per heavy atom. The third-order valence-corrected chi connectivity index (χ3v) is 3.98. The van der Waals surface area contributed by atoms with Crippen molar-refractivity contribution in [2.24, 2.45) is 7.05 Å². The van der Waals surface area contributed by atoms with Crippen molar-refractivity contribution < 1.29 is 14.3 Å². The van der Waals surface area contributed by atoms with E-state index in [0.29, 0.717) is 16.6 Å². The highest BCUT2D eigenvalue weighted by Gasteiger charge is 2.21. The Bertz CT molecular complexity index is 683. The Balaban J connectivity index is 1.96. The number of hydrogen-bond donors (Lipinski definition) is 2. The summed E-state index contributed by atoms with van der Waals surface area (Å²) in [7, 11) is 4.82. The van der Waals surface area contributed by atoms with E-state index in [9.17, 15) is 9.59 Å². The van der Waals surface area contributed by atoms with E-state index in [1.54, 1.807) is 31.2 Å². The summed E-state index contributed by atoms with van der Waals surface area (Å²) < 4.78 is 6.20. The highest BCUT2D eigenvalue weighted by Crippen LogP contribution is 2.19. The number of hydrogen-bond acceptors (Lipinski definition) is 8. The molecule has 124 valence electrons. The highest BCUT2D eigenvalue weighted by molar-refractivity contribution is 7.15. The lowest BCUT2D eigenvalue weighted by molar-refractivity contribution is -0.140. The Kier molecular flexibility index (Phi) is 5.77. The van der Waals surface area contributed by atoms with E-state index in [4.69, 9.17) is 0 Å². The van der Waals surface area contributed by atoms with E-state index in [-0.39, 0.29) is 18.3 Å². The second kappa shape index (κ2) is 7.79. The number of esters is 1. The molecule has 2 rings (SSSR count). The summed E-state index contributed by atoms with van der Waals surface area (Å²) >= 11 is 1.23. The second-order valence-corrected chi connectivity index (χ2v) is 5.80. The molecule has 0 aromatic carbocycles. The number of nitrogens with one attached hydrogen (secondary N) is 2. The zero-order valence-electron chi connectivity index (χ0n) is 13.1. The molecular formula is C13H18N6O3S. The van der Waals surface area contributed by atoms with E-state index in [2.05, 4.69) is 30.7 Å². The van der Waals surface area contributed by atoms with Gasteiger partial charge in [0.1, 0.15) is 11.0 Å². The first kappa shape index (κ1) is 17.0. The molecule has 2 aromatic rings. The number of carbonyl (C=O) groups excluding carboxylic acids is 2. The van der Waals surface area contributed by atoms with Gasteiger partial charge in [-0.2, -0.15) is 5.10 Å². The molecule has 0 spiro atoms. The lowest BCUT2D eigenvalue weighted by Crippen LogP contribution is -2.30. The molecule has 2 N–H and O–H groups in total. The third-order valence-electron chi connectivity index (χ3n) is 3.08. The predicted molar refractivity (Wildman–Crippen MR) is 83.9 cm³/mol. The number of ether oxygens (including phenoxy) is 1. The first-order chi connectivity index (χ1) is 11.0. The lowest BCUT2D eigenvalue weighted by atomic mass is 10.1. The molecule has 1 atom stereocenters. The van der Waals surface area contributed by atoms with Gasteiger partial charge in [0.2, 0.25) is 11.0 Å². The minimum Gasteiger partial charge on any atom is -0.469 e. The fraction of sp³-hybridized carbons (Fsp3) is 0.462. The van der Waals surface area contributed by atoms with Gasteiger partial charge in [-0.15, -0.1) is 10.2 Å². The standard InChI is InChI=1S/C13H18N6O3S/c1-14-11(8-6-15-19(2)7-8)12(21)16-13-18-17-9(23-13)4-5-10(20)22-3/h6-7,11,14H,4-5H2,1-3H3,(H,16,18,21). The van der Waals surface area contributed by atoms with Crippen LogP contribution in [0.15, 0.2) is 12.4 Å². The van der Waals surface area contributed by atoms with Crippen molar-refractivity contribution in [3.05, 3.63) is 23.0 Å². The highest BCUT2D eigenvalue weighted by atomic mass is 32.1. The average Bonchev–Trinajstić information content (AvgIpc) is 3.15. The zero-order valence-corrected chi connectivity index (χ0v) is 13.9.